The van der Waals surface area contributed by atoms with Crippen LogP contribution in [0.2, 0.25) is 6.04 Å². The largest absolute Gasteiger partial charge is 0.500 e. The molecule has 0 aromatic heterocycles. The van der Waals surface area contributed by atoms with Gasteiger partial charge in [-0.25, -0.2) is 0 Å². The summed E-state index contributed by atoms with van der Waals surface area (Å²) in [6.45, 7) is 6.72. The second-order valence-corrected chi connectivity index (χ2v) is 7.40. The molecule has 0 aliphatic heterocycles. The third-order valence-electron chi connectivity index (χ3n) is 3.00. The van der Waals surface area contributed by atoms with Gasteiger partial charge in [-0.3, -0.25) is 0 Å². The van der Waals surface area contributed by atoms with Crippen LogP contribution in [-0.4, -0.2) is 30.1 Å². The van der Waals surface area contributed by atoms with Crippen molar-refractivity contribution in [2.75, 3.05) is 21.3 Å². The first-order valence-electron chi connectivity index (χ1n) is 5.10. The smallest absolute Gasteiger partial charge is 0.377 e. The van der Waals surface area contributed by atoms with Crippen LogP contribution in [0, 0.1) is 5.41 Å². The quantitative estimate of drug-likeness (QED) is 0.617. The summed E-state index contributed by atoms with van der Waals surface area (Å²) in [6, 6.07) is 0.886. The summed E-state index contributed by atoms with van der Waals surface area (Å²) in [6.07, 6.45) is 2.24. The van der Waals surface area contributed by atoms with Gasteiger partial charge in [0.1, 0.15) is 0 Å². The van der Waals surface area contributed by atoms with Crippen LogP contribution in [0.1, 0.15) is 33.6 Å². The van der Waals surface area contributed by atoms with Gasteiger partial charge in [0, 0.05) is 27.4 Å². The Labute approximate surface area is 89.1 Å². The Balaban J connectivity index is 4.19. The molecule has 0 bridgehead atoms. The summed E-state index contributed by atoms with van der Waals surface area (Å²) >= 11 is 0. The molecule has 0 heterocycles. The lowest BCUT2D eigenvalue weighted by Crippen LogP contribution is -2.43. The fourth-order valence-corrected chi connectivity index (χ4v) is 3.32. The van der Waals surface area contributed by atoms with Crippen LogP contribution >= 0.6 is 0 Å². The average Bonchev–Trinajstić information content (AvgIpc) is 2.21. The molecular weight excluding hydrogens is 196 g/mol. The van der Waals surface area contributed by atoms with E-state index in [1.807, 2.05) is 0 Å². The molecule has 0 saturated carbocycles. The van der Waals surface area contributed by atoms with E-state index in [0.29, 0.717) is 5.41 Å². The zero-order valence-electron chi connectivity index (χ0n) is 10.3. The second-order valence-electron chi connectivity index (χ2n) is 4.31. The lowest BCUT2D eigenvalue weighted by atomic mass is 9.87. The van der Waals surface area contributed by atoms with E-state index < -0.39 is 8.80 Å². The Morgan fingerprint density at radius 2 is 1.43 bits per heavy atom. The molecule has 4 heteroatoms. The highest BCUT2D eigenvalue weighted by molar-refractivity contribution is 6.60. The molecule has 0 saturated heterocycles. The monoisotopic (exact) mass is 220 g/mol. The summed E-state index contributed by atoms with van der Waals surface area (Å²) in [4.78, 5) is 0. The Kier molecular flexibility index (Phi) is 5.89. The van der Waals surface area contributed by atoms with E-state index in [-0.39, 0.29) is 0 Å². The zero-order valence-corrected chi connectivity index (χ0v) is 11.3. The molecule has 0 aromatic rings. The van der Waals surface area contributed by atoms with Gasteiger partial charge in [-0.15, -0.1) is 0 Å². The molecule has 0 spiro atoms. The van der Waals surface area contributed by atoms with Gasteiger partial charge in [-0.1, -0.05) is 27.2 Å². The number of rotatable bonds is 7. The van der Waals surface area contributed by atoms with Crippen molar-refractivity contribution in [1.29, 1.82) is 0 Å². The third kappa shape index (κ3) is 4.08. The van der Waals surface area contributed by atoms with Crippen LogP contribution in [0.25, 0.3) is 0 Å². The molecule has 3 nitrogen and oxygen atoms in total. The summed E-state index contributed by atoms with van der Waals surface area (Å²) < 4.78 is 16.1. The molecule has 0 aliphatic carbocycles. The number of hydrogen-bond donors (Lipinski definition) is 0. The predicted molar refractivity (Wildman–Crippen MR) is 60.3 cm³/mol. The van der Waals surface area contributed by atoms with Crippen LogP contribution in [0.3, 0.4) is 0 Å². The molecule has 0 atom stereocenters. The van der Waals surface area contributed by atoms with E-state index in [0.717, 1.165) is 18.9 Å². The molecule has 86 valence electrons. The second kappa shape index (κ2) is 5.85. The minimum absolute atomic E-state index is 0.341. The van der Waals surface area contributed by atoms with Crippen molar-refractivity contribution < 1.29 is 13.3 Å². The molecule has 0 N–H and O–H groups in total. The maximum absolute atomic E-state index is 5.37. The fraction of sp³-hybridized carbons (Fsp3) is 1.00. The molecule has 0 unspecified atom stereocenters. The summed E-state index contributed by atoms with van der Waals surface area (Å²) in [5.74, 6) is 0. The Morgan fingerprint density at radius 1 is 1.00 bits per heavy atom. The van der Waals surface area contributed by atoms with Gasteiger partial charge in [0.2, 0.25) is 0 Å². The normalized spacial score (nSPS) is 13.3. The SMILES string of the molecule is CCC(C)(C)CC[Si](OC)(OC)OC. The van der Waals surface area contributed by atoms with E-state index >= 15 is 0 Å². The standard InChI is InChI=1S/C10H24O3Si/c1-7-10(2,3)8-9-14(11-4,12-5)13-6/h7-9H2,1-6H3. The van der Waals surface area contributed by atoms with Gasteiger partial charge in [-0.05, 0) is 11.8 Å². The fourth-order valence-electron chi connectivity index (χ4n) is 1.22. The molecule has 0 amide bonds. The van der Waals surface area contributed by atoms with Gasteiger partial charge in [0.15, 0.2) is 0 Å². The molecule has 0 radical (unpaired) electrons. The van der Waals surface area contributed by atoms with Crippen molar-refractivity contribution in [3.63, 3.8) is 0 Å². The van der Waals surface area contributed by atoms with Gasteiger partial charge < -0.3 is 13.3 Å². The Bertz CT molecular complexity index is 147. The minimum Gasteiger partial charge on any atom is -0.377 e. The first-order chi connectivity index (χ1) is 6.45. The first-order valence-corrected chi connectivity index (χ1v) is 7.04. The Hall–Kier alpha value is 0.0969. The van der Waals surface area contributed by atoms with Crippen molar-refractivity contribution in [2.24, 2.45) is 5.41 Å². The van der Waals surface area contributed by atoms with Crippen molar-refractivity contribution >= 4 is 8.80 Å². The predicted octanol–water partition coefficient (Wildman–Crippen LogP) is 2.69. The summed E-state index contributed by atoms with van der Waals surface area (Å²) in [5, 5.41) is 0. The Morgan fingerprint density at radius 3 is 1.71 bits per heavy atom. The molecule has 14 heavy (non-hydrogen) atoms. The molecule has 0 fully saturated rings. The maximum Gasteiger partial charge on any atom is 0.500 e. The highest BCUT2D eigenvalue weighted by Crippen LogP contribution is 2.30. The topological polar surface area (TPSA) is 27.7 Å². The van der Waals surface area contributed by atoms with Crippen molar-refractivity contribution in [3.8, 4) is 0 Å². The van der Waals surface area contributed by atoms with E-state index in [2.05, 4.69) is 20.8 Å². The molecular formula is C10H24O3Si. The highest BCUT2D eigenvalue weighted by atomic mass is 28.4. The average molecular weight is 220 g/mol. The van der Waals surface area contributed by atoms with Crippen molar-refractivity contribution in [3.05, 3.63) is 0 Å². The summed E-state index contributed by atoms with van der Waals surface area (Å²) in [7, 11) is 2.65. The highest BCUT2D eigenvalue weighted by Gasteiger charge is 2.38. The van der Waals surface area contributed by atoms with Gasteiger partial charge in [0.25, 0.3) is 0 Å². The van der Waals surface area contributed by atoms with Crippen LogP contribution in [0.15, 0.2) is 0 Å². The van der Waals surface area contributed by atoms with E-state index in [9.17, 15) is 0 Å². The minimum atomic E-state index is -2.34. The third-order valence-corrected chi connectivity index (χ3v) is 5.73. The lowest BCUT2D eigenvalue weighted by Gasteiger charge is -2.29. The van der Waals surface area contributed by atoms with Crippen LogP contribution < -0.4 is 0 Å². The molecule has 0 rings (SSSR count). The van der Waals surface area contributed by atoms with E-state index in [1.54, 1.807) is 21.3 Å². The van der Waals surface area contributed by atoms with Crippen LogP contribution in [0.4, 0.5) is 0 Å². The van der Waals surface area contributed by atoms with E-state index in [4.69, 9.17) is 13.3 Å². The van der Waals surface area contributed by atoms with Gasteiger partial charge in [0.05, 0.1) is 0 Å². The van der Waals surface area contributed by atoms with Gasteiger partial charge in [-0.2, -0.15) is 0 Å². The number of hydrogen-bond acceptors (Lipinski definition) is 3. The molecule has 0 aliphatic rings. The lowest BCUT2D eigenvalue weighted by molar-refractivity contribution is 0.118. The molecule has 0 aromatic carbocycles. The van der Waals surface area contributed by atoms with Gasteiger partial charge >= 0.3 is 8.80 Å². The van der Waals surface area contributed by atoms with Crippen LogP contribution in [0.5, 0.6) is 0 Å². The summed E-state index contributed by atoms with van der Waals surface area (Å²) in [5.41, 5.74) is 0.341. The van der Waals surface area contributed by atoms with Crippen molar-refractivity contribution in [1.82, 2.24) is 0 Å². The van der Waals surface area contributed by atoms with Crippen LogP contribution in [-0.2, 0) is 13.3 Å². The maximum atomic E-state index is 5.37. The van der Waals surface area contributed by atoms with E-state index in [1.165, 1.54) is 0 Å². The van der Waals surface area contributed by atoms with Crippen molar-refractivity contribution in [2.45, 2.75) is 39.7 Å². The zero-order chi connectivity index (χ0) is 11.2. The first kappa shape index (κ1) is 14.1.